The average molecular weight is 288 g/mol. The monoisotopic (exact) mass is 288 g/mol. The summed E-state index contributed by atoms with van der Waals surface area (Å²) in [5.41, 5.74) is 0. The molecule has 3 heterocycles. The first-order chi connectivity index (χ1) is 10.2. The van der Waals surface area contributed by atoms with Gasteiger partial charge in [0, 0.05) is 43.6 Å². The molecule has 5 heteroatoms. The molecule has 0 N–H and O–H groups in total. The van der Waals surface area contributed by atoms with Crippen molar-refractivity contribution in [1.82, 2.24) is 14.5 Å². The van der Waals surface area contributed by atoms with Gasteiger partial charge in [-0.25, -0.2) is 14.4 Å². The molecule has 1 saturated heterocycles. The molecule has 2 aromatic heterocycles. The molecule has 1 unspecified atom stereocenters. The lowest BCUT2D eigenvalue weighted by molar-refractivity contribution is 0.449. The van der Waals surface area contributed by atoms with Gasteiger partial charge in [-0.05, 0) is 38.8 Å². The zero-order valence-corrected chi connectivity index (χ0v) is 12.5. The van der Waals surface area contributed by atoms with Crippen molar-refractivity contribution < 1.29 is 4.39 Å². The van der Waals surface area contributed by atoms with Crippen molar-refractivity contribution in [3.63, 3.8) is 0 Å². The molecule has 0 aliphatic carbocycles. The molecule has 1 aliphatic rings. The van der Waals surface area contributed by atoms with Gasteiger partial charge in [-0.3, -0.25) is 0 Å². The van der Waals surface area contributed by atoms with Crippen molar-refractivity contribution in [3.05, 3.63) is 42.4 Å². The molecule has 3 rings (SSSR count). The molecule has 4 nitrogen and oxygen atoms in total. The lowest BCUT2D eigenvalue weighted by Crippen LogP contribution is -2.36. The van der Waals surface area contributed by atoms with Crippen LogP contribution in [0.2, 0.25) is 0 Å². The van der Waals surface area contributed by atoms with Crippen molar-refractivity contribution in [3.8, 4) is 0 Å². The Hall–Kier alpha value is -1.91. The largest absolute Gasteiger partial charge is 0.353 e. The number of rotatable bonds is 3. The first-order valence-corrected chi connectivity index (χ1v) is 7.55. The van der Waals surface area contributed by atoms with E-state index in [-0.39, 0.29) is 5.82 Å². The minimum absolute atomic E-state index is 0.245. The summed E-state index contributed by atoms with van der Waals surface area (Å²) < 4.78 is 16.1. The van der Waals surface area contributed by atoms with Gasteiger partial charge in [-0.2, -0.15) is 0 Å². The quantitative estimate of drug-likeness (QED) is 0.868. The molecule has 0 saturated carbocycles. The van der Waals surface area contributed by atoms with Crippen LogP contribution in [0.15, 0.2) is 30.7 Å². The molecule has 0 spiro atoms. The fraction of sp³-hybridized carbons (Fsp3) is 0.500. The Morgan fingerprint density at radius 1 is 1.29 bits per heavy atom. The van der Waals surface area contributed by atoms with E-state index in [9.17, 15) is 4.39 Å². The Kier molecular flexibility index (Phi) is 3.90. The Morgan fingerprint density at radius 3 is 2.90 bits per heavy atom. The summed E-state index contributed by atoms with van der Waals surface area (Å²) in [6.07, 6.45) is 7.66. The van der Waals surface area contributed by atoms with E-state index in [1.54, 1.807) is 12.3 Å². The Morgan fingerprint density at radius 2 is 2.14 bits per heavy atom. The smallest absolute Gasteiger partial charge is 0.165 e. The predicted molar refractivity (Wildman–Crippen MR) is 81.0 cm³/mol. The second-order valence-corrected chi connectivity index (χ2v) is 5.88. The van der Waals surface area contributed by atoms with Crippen LogP contribution in [-0.4, -0.2) is 27.6 Å². The number of hydrogen-bond donors (Lipinski definition) is 0. The lowest BCUT2D eigenvalue weighted by atomic mass is 9.97. The van der Waals surface area contributed by atoms with Crippen LogP contribution in [0.3, 0.4) is 0 Å². The van der Waals surface area contributed by atoms with Crippen molar-refractivity contribution >= 4 is 5.82 Å². The summed E-state index contributed by atoms with van der Waals surface area (Å²) in [5, 5.41) is 0. The van der Waals surface area contributed by atoms with Gasteiger partial charge in [0.15, 0.2) is 11.6 Å². The van der Waals surface area contributed by atoms with Crippen LogP contribution >= 0.6 is 0 Å². The third-order valence-electron chi connectivity index (χ3n) is 4.08. The molecule has 1 fully saturated rings. The number of halogens is 1. The molecule has 0 radical (unpaired) electrons. The highest BCUT2D eigenvalue weighted by Crippen LogP contribution is 2.30. The van der Waals surface area contributed by atoms with Crippen LogP contribution in [0.4, 0.5) is 10.2 Å². The van der Waals surface area contributed by atoms with Gasteiger partial charge in [0.1, 0.15) is 5.82 Å². The predicted octanol–water partition coefficient (Wildman–Crippen LogP) is 3.38. The van der Waals surface area contributed by atoms with E-state index in [1.807, 2.05) is 17.3 Å². The van der Waals surface area contributed by atoms with Gasteiger partial charge < -0.3 is 9.47 Å². The lowest BCUT2D eigenvalue weighted by Gasteiger charge is -2.34. The minimum atomic E-state index is -0.245. The molecular formula is C16H21FN4. The fourth-order valence-corrected chi connectivity index (χ4v) is 3.07. The maximum atomic E-state index is 13.9. The number of piperidine rings is 1. The van der Waals surface area contributed by atoms with Crippen LogP contribution in [0.25, 0.3) is 0 Å². The summed E-state index contributed by atoms with van der Waals surface area (Å²) in [5.74, 6) is 1.65. The van der Waals surface area contributed by atoms with Crippen molar-refractivity contribution in [1.29, 1.82) is 0 Å². The van der Waals surface area contributed by atoms with E-state index in [0.29, 0.717) is 17.8 Å². The number of imidazole rings is 1. The highest BCUT2D eigenvalue weighted by molar-refractivity contribution is 5.40. The van der Waals surface area contributed by atoms with Crippen LogP contribution in [0, 0.1) is 5.82 Å². The number of hydrogen-bond acceptors (Lipinski definition) is 3. The Balaban J connectivity index is 1.83. The molecule has 0 bridgehead atoms. The van der Waals surface area contributed by atoms with E-state index in [1.165, 1.54) is 6.07 Å². The highest BCUT2D eigenvalue weighted by atomic mass is 19.1. The first kappa shape index (κ1) is 14.0. The molecule has 0 aromatic carbocycles. The van der Waals surface area contributed by atoms with Crippen LogP contribution in [0.1, 0.15) is 44.5 Å². The second-order valence-electron chi connectivity index (χ2n) is 5.88. The van der Waals surface area contributed by atoms with Crippen LogP contribution < -0.4 is 4.90 Å². The number of pyridine rings is 1. The maximum Gasteiger partial charge on any atom is 0.165 e. The maximum absolute atomic E-state index is 13.9. The Bertz CT molecular complexity index is 608. The zero-order valence-electron chi connectivity index (χ0n) is 12.5. The van der Waals surface area contributed by atoms with E-state index < -0.39 is 0 Å². The van der Waals surface area contributed by atoms with Gasteiger partial charge >= 0.3 is 0 Å². The molecule has 1 atom stereocenters. The van der Waals surface area contributed by atoms with E-state index in [2.05, 4.69) is 28.4 Å². The fourth-order valence-electron chi connectivity index (χ4n) is 3.07. The summed E-state index contributed by atoms with van der Waals surface area (Å²) >= 11 is 0. The normalized spacial score (nSPS) is 19.2. The third kappa shape index (κ3) is 2.77. The highest BCUT2D eigenvalue weighted by Gasteiger charge is 2.27. The van der Waals surface area contributed by atoms with Crippen molar-refractivity contribution in [2.45, 2.75) is 38.6 Å². The first-order valence-electron chi connectivity index (χ1n) is 7.55. The van der Waals surface area contributed by atoms with Gasteiger partial charge in [-0.15, -0.1) is 0 Å². The van der Waals surface area contributed by atoms with Crippen LogP contribution in [-0.2, 0) is 0 Å². The van der Waals surface area contributed by atoms with E-state index >= 15 is 0 Å². The number of nitrogens with zero attached hydrogens (tertiary/aromatic N) is 4. The molecule has 21 heavy (non-hydrogen) atoms. The molecular weight excluding hydrogens is 267 g/mol. The standard InChI is InChI=1S/C16H21FN4/c1-12(2)21-10-8-19-15(21)13-5-4-9-20(11-13)16-14(17)6-3-7-18-16/h3,6-8,10,12-13H,4-5,9,11H2,1-2H3. The SMILES string of the molecule is CC(C)n1ccnc1C1CCCN(c2ncccc2F)C1. The van der Waals surface area contributed by atoms with Gasteiger partial charge in [0.05, 0.1) is 0 Å². The third-order valence-corrected chi connectivity index (χ3v) is 4.08. The Labute approximate surface area is 124 Å². The van der Waals surface area contributed by atoms with E-state index in [4.69, 9.17) is 0 Å². The molecule has 2 aromatic rings. The summed E-state index contributed by atoms with van der Waals surface area (Å²) in [4.78, 5) is 10.8. The summed E-state index contributed by atoms with van der Waals surface area (Å²) in [6.45, 7) is 5.94. The average Bonchev–Trinajstić information content (AvgIpc) is 2.97. The summed E-state index contributed by atoms with van der Waals surface area (Å²) in [6, 6.07) is 3.50. The van der Waals surface area contributed by atoms with Gasteiger partial charge in [0.25, 0.3) is 0 Å². The van der Waals surface area contributed by atoms with Gasteiger partial charge in [-0.1, -0.05) is 0 Å². The molecule has 1 aliphatic heterocycles. The van der Waals surface area contributed by atoms with Crippen molar-refractivity contribution in [2.24, 2.45) is 0 Å². The van der Waals surface area contributed by atoms with Crippen LogP contribution in [0.5, 0.6) is 0 Å². The molecule has 112 valence electrons. The number of aromatic nitrogens is 3. The second kappa shape index (κ2) is 5.84. The van der Waals surface area contributed by atoms with E-state index in [0.717, 1.165) is 31.8 Å². The minimum Gasteiger partial charge on any atom is -0.353 e. The molecule has 0 amide bonds. The van der Waals surface area contributed by atoms with Gasteiger partial charge in [0.2, 0.25) is 0 Å². The topological polar surface area (TPSA) is 34.0 Å². The zero-order chi connectivity index (χ0) is 14.8. The van der Waals surface area contributed by atoms with Crippen molar-refractivity contribution in [2.75, 3.05) is 18.0 Å². The number of anilines is 1. The summed E-state index contributed by atoms with van der Waals surface area (Å²) in [7, 11) is 0.